The Hall–Kier alpha value is 0.650. The summed E-state index contributed by atoms with van der Waals surface area (Å²) in [6, 6.07) is 0. The average molecular weight is 382 g/mol. The van der Waals surface area contributed by atoms with Gasteiger partial charge < -0.3 is 11.1 Å². The number of hydrogen-bond acceptors (Lipinski definition) is 2. The predicted octanol–water partition coefficient (Wildman–Crippen LogP) is 4.65. The van der Waals surface area contributed by atoms with E-state index in [1.165, 1.54) is 81.6 Å². The third kappa shape index (κ3) is 18.6. The van der Waals surface area contributed by atoms with E-state index in [9.17, 15) is 0 Å². The van der Waals surface area contributed by atoms with Gasteiger partial charge in [0, 0.05) is 0 Å². The number of nitrogens with two attached hydrogens (primary N) is 1. The zero-order chi connectivity index (χ0) is 14.0. The van der Waals surface area contributed by atoms with Crippen LogP contribution in [0.1, 0.15) is 77.0 Å². The van der Waals surface area contributed by atoms with Crippen LogP contribution in [0.15, 0.2) is 0 Å². The second-order valence-corrected chi connectivity index (χ2v) is 6.55. The minimum Gasteiger partial charge on any atom is -0.330 e. The Morgan fingerprint density at radius 1 is 0.579 bits per heavy atom. The lowest BCUT2D eigenvalue weighted by Gasteiger charge is -2.04. The highest BCUT2D eigenvalue weighted by atomic mass is 127. The fraction of sp³-hybridized carbons (Fsp3) is 1.00. The maximum Gasteiger partial charge on any atom is -0.000473 e. The van der Waals surface area contributed by atoms with Gasteiger partial charge in [-0.15, -0.1) is 0 Å². The van der Waals surface area contributed by atoms with Crippen LogP contribution in [0.2, 0.25) is 0 Å². The van der Waals surface area contributed by atoms with Crippen molar-refractivity contribution < 1.29 is 0 Å². The summed E-state index contributed by atoms with van der Waals surface area (Å²) in [7, 11) is 0. The molecular formula is C16H35IN2. The van der Waals surface area contributed by atoms with Gasteiger partial charge in [-0.1, -0.05) is 80.4 Å². The van der Waals surface area contributed by atoms with Gasteiger partial charge in [0.1, 0.15) is 0 Å². The lowest BCUT2D eigenvalue weighted by Crippen LogP contribution is -2.19. The van der Waals surface area contributed by atoms with E-state index in [0.29, 0.717) is 0 Å². The van der Waals surface area contributed by atoms with Gasteiger partial charge in [0.15, 0.2) is 0 Å². The van der Waals surface area contributed by atoms with Gasteiger partial charge in [-0.3, -0.25) is 0 Å². The normalized spacial score (nSPS) is 11.1. The van der Waals surface area contributed by atoms with E-state index in [1.807, 2.05) is 0 Å². The van der Waals surface area contributed by atoms with Gasteiger partial charge in [-0.2, -0.15) is 0 Å². The van der Waals surface area contributed by atoms with Crippen molar-refractivity contribution in [2.24, 2.45) is 5.73 Å². The maximum absolute atomic E-state index is 5.44. The molecule has 2 nitrogen and oxygen atoms in total. The highest BCUT2D eigenvalue weighted by Crippen LogP contribution is 2.11. The monoisotopic (exact) mass is 382 g/mol. The molecule has 0 saturated heterocycles. The van der Waals surface area contributed by atoms with Crippen molar-refractivity contribution in [1.82, 2.24) is 5.32 Å². The van der Waals surface area contributed by atoms with Crippen LogP contribution in [0.5, 0.6) is 0 Å². The zero-order valence-electron chi connectivity index (χ0n) is 12.8. The summed E-state index contributed by atoms with van der Waals surface area (Å²) in [5.41, 5.74) is 5.44. The molecule has 0 atom stereocenters. The molecule has 0 saturated carbocycles. The second-order valence-electron chi connectivity index (χ2n) is 5.47. The van der Waals surface area contributed by atoms with Crippen molar-refractivity contribution >= 4 is 22.6 Å². The largest absolute Gasteiger partial charge is 0.330 e. The first kappa shape index (κ1) is 19.7. The molecule has 0 unspecified atom stereocenters. The van der Waals surface area contributed by atoms with Crippen LogP contribution in [-0.4, -0.2) is 24.1 Å². The maximum atomic E-state index is 5.44. The predicted molar refractivity (Wildman–Crippen MR) is 96.2 cm³/mol. The first-order valence-electron chi connectivity index (χ1n) is 8.38. The number of rotatable bonds is 16. The molecule has 3 heteroatoms. The number of alkyl halides is 1. The van der Waals surface area contributed by atoms with E-state index in [1.54, 1.807) is 0 Å². The third-order valence-corrected chi connectivity index (χ3v) is 4.31. The molecule has 0 heterocycles. The molecule has 0 aromatic carbocycles. The van der Waals surface area contributed by atoms with Gasteiger partial charge in [-0.25, -0.2) is 0 Å². The van der Waals surface area contributed by atoms with E-state index in [0.717, 1.165) is 19.5 Å². The summed E-state index contributed by atoms with van der Waals surface area (Å²) in [5.74, 6) is 0. The van der Waals surface area contributed by atoms with Crippen LogP contribution in [-0.2, 0) is 0 Å². The molecule has 0 spiro atoms. The Morgan fingerprint density at radius 3 is 1.47 bits per heavy atom. The van der Waals surface area contributed by atoms with Crippen LogP contribution in [0.25, 0.3) is 0 Å². The third-order valence-electron chi connectivity index (χ3n) is 3.54. The van der Waals surface area contributed by atoms with Crippen LogP contribution in [0, 0.1) is 0 Å². The van der Waals surface area contributed by atoms with Crippen molar-refractivity contribution in [3.05, 3.63) is 0 Å². The molecule has 0 amide bonds. The van der Waals surface area contributed by atoms with Crippen LogP contribution in [0.4, 0.5) is 0 Å². The minimum absolute atomic E-state index is 0.811. The smallest absolute Gasteiger partial charge is 0.000473 e. The Morgan fingerprint density at radius 2 is 1.00 bits per heavy atom. The first-order valence-corrected chi connectivity index (χ1v) is 9.91. The quantitative estimate of drug-likeness (QED) is 0.232. The minimum atomic E-state index is 0.811. The van der Waals surface area contributed by atoms with E-state index in [-0.39, 0.29) is 0 Å². The Bertz CT molecular complexity index is 138. The zero-order valence-corrected chi connectivity index (χ0v) is 14.9. The molecular weight excluding hydrogens is 347 g/mol. The Labute approximate surface area is 134 Å². The molecule has 0 aliphatic heterocycles. The van der Waals surface area contributed by atoms with Crippen LogP contribution in [0.3, 0.4) is 0 Å². The summed E-state index contributed by atoms with van der Waals surface area (Å²) in [4.78, 5) is 0. The van der Waals surface area contributed by atoms with Gasteiger partial charge in [0.2, 0.25) is 0 Å². The van der Waals surface area contributed by atoms with Crippen LogP contribution < -0.4 is 11.1 Å². The Balaban J connectivity index is 2.88. The number of halogens is 1. The van der Waals surface area contributed by atoms with Crippen LogP contribution >= 0.6 is 22.6 Å². The molecule has 0 fully saturated rings. The first-order chi connectivity index (χ1) is 9.41. The van der Waals surface area contributed by atoms with Crippen molar-refractivity contribution in [2.75, 3.05) is 24.1 Å². The molecule has 3 N–H and O–H groups in total. The van der Waals surface area contributed by atoms with Crippen molar-refractivity contribution in [1.29, 1.82) is 0 Å². The second kappa shape index (κ2) is 18.7. The average Bonchev–Trinajstić information content (AvgIpc) is 2.43. The molecule has 0 aromatic rings. The summed E-state index contributed by atoms with van der Waals surface area (Å²) in [6.45, 7) is 3.08. The van der Waals surface area contributed by atoms with E-state index in [4.69, 9.17) is 5.73 Å². The summed E-state index contributed by atoms with van der Waals surface area (Å²) < 4.78 is 1.33. The van der Waals surface area contributed by atoms with Gasteiger partial charge in [-0.05, 0) is 43.3 Å². The van der Waals surface area contributed by atoms with E-state index >= 15 is 0 Å². The standard InChI is InChI=1S/C16H35IN2/c17-13-10-8-6-4-2-1-3-5-7-9-11-15-19-16-12-14-18/h19H,1-16,18H2. The SMILES string of the molecule is NCCCNCCCCCCCCCCCCCI. The molecule has 0 aliphatic rings. The van der Waals surface area contributed by atoms with Gasteiger partial charge in [0.05, 0.1) is 0 Å². The highest BCUT2D eigenvalue weighted by molar-refractivity contribution is 14.1. The van der Waals surface area contributed by atoms with E-state index < -0.39 is 0 Å². The highest BCUT2D eigenvalue weighted by Gasteiger charge is 1.93. The lowest BCUT2D eigenvalue weighted by atomic mass is 10.1. The van der Waals surface area contributed by atoms with Gasteiger partial charge in [0.25, 0.3) is 0 Å². The topological polar surface area (TPSA) is 38.0 Å². The number of hydrogen-bond donors (Lipinski definition) is 2. The summed E-state index contributed by atoms with van der Waals surface area (Å²) >= 11 is 2.48. The number of nitrogens with one attached hydrogen (secondary N) is 1. The summed E-state index contributed by atoms with van der Waals surface area (Å²) in [6.07, 6.45) is 16.8. The molecule has 0 bridgehead atoms. The molecule has 116 valence electrons. The lowest BCUT2D eigenvalue weighted by molar-refractivity contribution is 0.538. The fourth-order valence-corrected chi connectivity index (χ4v) is 2.83. The van der Waals surface area contributed by atoms with Crippen molar-refractivity contribution in [3.63, 3.8) is 0 Å². The van der Waals surface area contributed by atoms with E-state index in [2.05, 4.69) is 27.9 Å². The number of unbranched alkanes of at least 4 members (excludes halogenated alkanes) is 10. The molecule has 19 heavy (non-hydrogen) atoms. The molecule has 0 radical (unpaired) electrons. The fourth-order valence-electron chi connectivity index (χ4n) is 2.29. The van der Waals surface area contributed by atoms with Gasteiger partial charge >= 0.3 is 0 Å². The molecule has 0 aliphatic carbocycles. The summed E-state index contributed by atoms with van der Waals surface area (Å²) in [5, 5.41) is 3.44. The van der Waals surface area contributed by atoms with Crippen molar-refractivity contribution in [3.8, 4) is 0 Å². The Kier molecular flexibility index (Phi) is 19.3. The molecule has 0 aromatic heterocycles. The molecule has 0 rings (SSSR count). The van der Waals surface area contributed by atoms with Crippen molar-refractivity contribution in [2.45, 2.75) is 77.0 Å².